The minimum absolute atomic E-state index is 0.0149. The number of hydrogen-bond donors (Lipinski definition) is 2. The van der Waals surface area contributed by atoms with Gasteiger partial charge in [-0.1, -0.05) is 36.4 Å². The number of hydrogen-bond acceptors (Lipinski definition) is 4. The zero-order valence-corrected chi connectivity index (χ0v) is 16.0. The lowest BCUT2D eigenvalue weighted by molar-refractivity contribution is 0.566. The maximum atomic E-state index is 13.5. The summed E-state index contributed by atoms with van der Waals surface area (Å²) in [4.78, 5) is 0. The molecule has 0 aliphatic rings. The molecule has 0 heterocycles. The molecule has 148 valence electrons. The van der Waals surface area contributed by atoms with Crippen molar-refractivity contribution >= 4 is 20.0 Å². The van der Waals surface area contributed by atoms with Crippen molar-refractivity contribution in [3.05, 3.63) is 71.3 Å². The molecule has 6 nitrogen and oxygen atoms in total. The van der Waals surface area contributed by atoms with Gasteiger partial charge in [0.1, 0.15) is 11.6 Å². The average molecular weight is 418 g/mol. The predicted molar refractivity (Wildman–Crippen MR) is 98.7 cm³/mol. The van der Waals surface area contributed by atoms with Gasteiger partial charge in [0.2, 0.25) is 20.0 Å². The fourth-order valence-electron chi connectivity index (χ4n) is 2.29. The van der Waals surface area contributed by atoms with Crippen LogP contribution in [0.2, 0.25) is 0 Å². The van der Waals surface area contributed by atoms with Crippen LogP contribution in [0.5, 0.6) is 0 Å². The van der Waals surface area contributed by atoms with Crippen LogP contribution in [0.4, 0.5) is 8.78 Å². The average Bonchev–Trinajstić information content (AvgIpc) is 2.58. The van der Waals surface area contributed by atoms with Gasteiger partial charge in [-0.3, -0.25) is 0 Å². The Morgan fingerprint density at radius 2 is 1.04 bits per heavy atom. The normalized spacial score (nSPS) is 12.2. The lowest BCUT2D eigenvalue weighted by Crippen LogP contribution is -2.31. The van der Waals surface area contributed by atoms with Gasteiger partial charge >= 0.3 is 0 Å². The summed E-state index contributed by atoms with van der Waals surface area (Å²) in [5.41, 5.74) is 0.103. The predicted octanol–water partition coefficient (Wildman–Crippen LogP) is 1.89. The molecule has 10 heteroatoms. The van der Waals surface area contributed by atoms with E-state index < -0.39 is 43.2 Å². The highest BCUT2D eigenvalue weighted by molar-refractivity contribution is 7.89. The molecule has 2 aromatic rings. The third-order valence-corrected chi connectivity index (χ3v) is 6.27. The van der Waals surface area contributed by atoms with Crippen LogP contribution in [0.3, 0.4) is 0 Å². The Hall–Kier alpha value is -1.88. The van der Waals surface area contributed by atoms with Crippen LogP contribution < -0.4 is 9.44 Å². The van der Waals surface area contributed by atoms with Gasteiger partial charge in [-0.25, -0.2) is 35.1 Å². The van der Waals surface area contributed by atoms with Crippen molar-refractivity contribution in [3.63, 3.8) is 0 Å². The molecule has 0 saturated carbocycles. The Kier molecular flexibility index (Phi) is 7.42. The Morgan fingerprint density at radius 3 is 1.41 bits per heavy atom. The van der Waals surface area contributed by atoms with Crippen LogP contribution >= 0.6 is 0 Å². The molecule has 0 aliphatic carbocycles. The Bertz CT molecular complexity index is 900. The van der Waals surface area contributed by atoms with E-state index in [1.165, 1.54) is 48.5 Å². The molecule has 2 aromatic carbocycles. The molecule has 0 aromatic heterocycles. The first kappa shape index (κ1) is 21.4. The molecule has 0 bridgehead atoms. The van der Waals surface area contributed by atoms with Crippen molar-refractivity contribution in [2.75, 3.05) is 13.1 Å². The summed E-state index contributed by atoms with van der Waals surface area (Å²) in [6.45, 7) is -0.0298. The molecule has 0 unspecified atom stereocenters. The van der Waals surface area contributed by atoms with Gasteiger partial charge in [-0.05, 0) is 18.6 Å². The van der Waals surface area contributed by atoms with Crippen molar-refractivity contribution in [1.29, 1.82) is 0 Å². The Balaban J connectivity index is 1.76. The van der Waals surface area contributed by atoms with Crippen molar-refractivity contribution in [3.8, 4) is 0 Å². The molecule has 0 fully saturated rings. The quantitative estimate of drug-likeness (QED) is 0.577. The highest BCUT2D eigenvalue weighted by atomic mass is 32.2. The van der Waals surface area contributed by atoms with Crippen LogP contribution in [0, 0.1) is 11.6 Å². The van der Waals surface area contributed by atoms with E-state index in [4.69, 9.17) is 0 Å². The lowest BCUT2D eigenvalue weighted by Gasteiger charge is -2.09. The number of benzene rings is 2. The van der Waals surface area contributed by atoms with Gasteiger partial charge in [0.05, 0.1) is 11.5 Å². The van der Waals surface area contributed by atoms with E-state index in [1.807, 2.05) is 0 Å². The number of nitrogens with one attached hydrogen (secondary N) is 2. The van der Waals surface area contributed by atoms with Gasteiger partial charge in [-0.15, -0.1) is 0 Å². The van der Waals surface area contributed by atoms with Crippen molar-refractivity contribution < 1.29 is 25.6 Å². The van der Waals surface area contributed by atoms with E-state index in [9.17, 15) is 25.6 Å². The highest BCUT2D eigenvalue weighted by Crippen LogP contribution is 2.11. The molecule has 2 rings (SSSR count). The molecule has 0 saturated heterocycles. The maximum absolute atomic E-state index is 13.5. The highest BCUT2D eigenvalue weighted by Gasteiger charge is 2.15. The Morgan fingerprint density at radius 1 is 0.667 bits per heavy atom. The number of rotatable bonds is 10. The fraction of sp³-hybridized carbons (Fsp3) is 0.294. The van der Waals surface area contributed by atoms with E-state index in [0.29, 0.717) is 0 Å². The van der Waals surface area contributed by atoms with Crippen molar-refractivity contribution in [2.24, 2.45) is 0 Å². The molecule has 0 radical (unpaired) electrons. The zero-order valence-electron chi connectivity index (χ0n) is 14.4. The van der Waals surface area contributed by atoms with Gasteiger partial charge in [0.15, 0.2) is 0 Å². The second kappa shape index (κ2) is 9.36. The second-order valence-corrected chi connectivity index (χ2v) is 9.46. The van der Waals surface area contributed by atoms with Gasteiger partial charge in [0.25, 0.3) is 0 Å². The zero-order chi connectivity index (χ0) is 19.9. The van der Waals surface area contributed by atoms with E-state index in [2.05, 4.69) is 9.44 Å². The van der Waals surface area contributed by atoms with E-state index >= 15 is 0 Å². The van der Waals surface area contributed by atoms with Gasteiger partial charge in [0, 0.05) is 24.2 Å². The largest absolute Gasteiger partial charge is 0.215 e. The topological polar surface area (TPSA) is 92.3 Å². The van der Waals surface area contributed by atoms with Crippen LogP contribution in [0.1, 0.15) is 17.5 Å². The minimum atomic E-state index is -3.74. The molecule has 2 N–H and O–H groups in total. The summed E-state index contributed by atoms with van der Waals surface area (Å²) in [6.07, 6.45) is 0.188. The number of halogens is 2. The standard InChI is InChI=1S/C17H20F2N2O4S2/c18-16-8-3-1-6-14(16)12-26(22,23)20-10-5-11-21-27(24,25)13-15-7-2-4-9-17(15)19/h1-4,6-9,20-21H,5,10-13H2. The van der Waals surface area contributed by atoms with Crippen LogP contribution in [0.25, 0.3) is 0 Å². The maximum Gasteiger partial charge on any atom is 0.215 e. The third-order valence-electron chi connectivity index (χ3n) is 3.60. The smallest absolute Gasteiger partial charge is 0.215 e. The molecule has 27 heavy (non-hydrogen) atoms. The summed E-state index contributed by atoms with van der Waals surface area (Å²) < 4.78 is 79.3. The summed E-state index contributed by atoms with van der Waals surface area (Å²) in [6, 6.07) is 11.1. The summed E-state index contributed by atoms with van der Waals surface area (Å²) in [5, 5.41) is 0. The first-order valence-electron chi connectivity index (χ1n) is 8.10. The van der Waals surface area contributed by atoms with Crippen LogP contribution in [-0.4, -0.2) is 29.9 Å². The minimum Gasteiger partial charge on any atom is -0.215 e. The molecule has 0 spiro atoms. The SMILES string of the molecule is O=S(=O)(Cc1ccccc1F)NCCCNS(=O)(=O)Cc1ccccc1F. The van der Waals surface area contributed by atoms with E-state index in [-0.39, 0.29) is 30.6 Å². The van der Waals surface area contributed by atoms with E-state index in [0.717, 1.165) is 0 Å². The summed E-state index contributed by atoms with van der Waals surface area (Å²) >= 11 is 0. The van der Waals surface area contributed by atoms with Gasteiger partial charge in [-0.2, -0.15) is 0 Å². The third kappa shape index (κ3) is 7.33. The van der Waals surface area contributed by atoms with Gasteiger partial charge < -0.3 is 0 Å². The van der Waals surface area contributed by atoms with Crippen molar-refractivity contribution in [1.82, 2.24) is 9.44 Å². The molecular formula is C17H20F2N2O4S2. The molecule has 0 atom stereocenters. The number of sulfonamides is 2. The Labute approximate surface area is 157 Å². The summed E-state index contributed by atoms with van der Waals surface area (Å²) in [7, 11) is -7.49. The van der Waals surface area contributed by atoms with Crippen LogP contribution in [-0.2, 0) is 31.6 Å². The second-order valence-electron chi connectivity index (χ2n) is 5.84. The molecular weight excluding hydrogens is 398 g/mol. The first-order chi connectivity index (χ1) is 12.7. The molecule has 0 aliphatic heterocycles. The molecule has 0 amide bonds. The lowest BCUT2D eigenvalue weighted by atomic mass is 10.2. The summed E-state index contributed by atoms with van der Waals surface area (Å²) in [5.74, 6) is -2.22. The van der Waals surface area contributed by atoms with Crippen LogP contribution in [0.15, 0.2) is 48.5 Å². The van der Waals surface area contributed by atoms with Crippen molar-refractivity contribution in [2.45, 2.75) is 17.9 Å². The monoisotopic (exact) mass is 418 g/mol. The fourth-order valence-corrected chi connectivity index (χ4v) is 4.69. The first-order valence-corrected chi connectivity index (χ1v) is 11.4. The van der Waals surface area contributed by atoms with E-state index in [1.54, 1.807) is 0 Å².